The van der Waals surface area contributed by atoms with Crippen molar-refractivity contribution < 1.29 is 44.9 Å². The zero-order valence-corrected chi connectivity index (χ0v) is 13.1. The highest BCUT2D eigenvalue weighted by molar-refractivity contribution is 5.66. The Morgan fingerprint density at radius 3 is 2.17 bits per heavy atom. The Hall–Kier alpha value is -0.810. The Kier molecular flexibility index (Phi) is 7.81. The average molecular weight is 338 g/mol. The molecule has 0 aromatic heterocycles. The highest BCUT2D eigenvalue weighted by Crippen LogP contribution is 2.25. The number of esters is 1. The largest absolute Gasteiger partial charge is 0.460 e. The van der Waals surface area contributed by atoms with Crippen LogP contribution in [-0.2, 0) is 14.3 Å². The highest BCUT2D eigenvalue weighted by Gasteiger charge is 2.43. The molecule has 1 aliphatic rings. The van der Waals surface area contributed by atoms with Crippen molar-refractivity contribution in [1.29, 1.82) is 0 Å². The quantitative estimate of drug-likeness (QED) is 0.271. The van der Waals surface area contributed by atoms with Crippen LogP contribution >= 0.6 is 0 Å². The topological polar surface area (TPSA) is 157 Å². The Morgan fingerprint density at radius 2 is 1.70 bits per heavy atom. The third-order valence-corrected chi connectivity index (χ3v) is 3.92. The maximum absolute atomic E-state index is 11.1. The van der Waals surface area contributed by atoms with Gasteiger partial charge in [-0.3, -0.25) is 4.79 Å². The van der Waals surface area contributed by atoms with Crippen LogP contribution in [0.2, 0.25) is 0 Å². The smallest absolute Gasteiger partial charge is 0.302 e. The van der Waals surface area contributed by atoms with E-state index < -0.39 is 61.4 Å². The van der Waals surface area contributed by atoms with E-state index in [1.807, 2.05) is 0 Å². The van der Waals surface area contributed by atoms with Crippen molar-refractivity contribution in [2.75, 3.05) is 6.61 Å². The fourth-order valence-electron chi connectivity index (χ4n) is 2.57. The van der Waals surface area contributed by atoms with E-state index in [2.05, 4.69) is 0 Å². The first-order valence-electron chi connectivity index (χ1n) is 7.52. The Balaban J connectivity index is 2.69. The lowest BCUT2D eigenvalue weighted by Gasteiger charge is -2.40. The van der Waals surface area contributed by atoms with Gasteiger partial charge in [0.15, 0.2) is 0 Å². The van der Waals surface area contributed by atoms with E-state index in [-0.39, 0.29) is 12.8 Å². The molecule has 6 N–H and O–H groups in total. The number of carbonyl (C=O) groups excluding carboxylic acids is 1. The molecule has 1 rings (SSSR count). The van der Waals surface area contributed by atoms with E-state index in [1.165, 1.54) is 6.92 Å². The van der Waals surface area contributed by atoms with Crippen LogP contribution in [0.4, 0.5) is 0 Å². The van der Waals surface area contributed by atoms with Gasteiger partial charge in [0, 0.05) is 6.92 Å². The van der Waals surface area contributed by atoms with Crippen molar-refractivity contribution >= 4 is 5.97 Å². The van der Waals surface area contributed by atoms with Gasteiger partial charge < -0.3 is 40.1 Å². The predicted molar refractivity (Wildman–Crippen MR) is 76.2 cm³/mol. The summed E-state index contributed by atoms with van der Waals surface area (Å²) in [6.45, 7) is 1.97. The van der Waals surface area contributed by atoms with Gasteiger partial charge in [-0.25, -0.2) is 0 Å². The zero-order chi connectivity index (χ0) is 17.7. The molecule has 0 radical (unpaired) electrons. The van der Waals surface area contributed by atoms with Crippen LogP contribution in [0.25, 0.3) is 0 Å². The Morgan fingerprint density at radius 1 is 1.13 bits per heavy atom. The minimum atomic E-state index is -1.49. The molecule has 1 aliphatic heterocycles. The van der Waals surface area contributed by atoms with E-state index >= 15 is 0 Å². The molecule has 0 aromatic rings. The molecule has 9 heteroatoms. The summed E-state index contributed by atoms with van der Waals surface area (Å²) < 4.78 is 10.3. The van der Waals surface area contributed by atoms with Gasteiger partial charge in [-0.2, -0.15) is 0 Å². The number of hydrogen-bond donors (Lipinski definition) is 6. The number of aliphatic hydroxyl groups excluding tert-OH is 6. The van der Waals surface area contributed by atoms with Crippen LogP contribution in [0.3, 0.4) is 0 Å². The van der Waals surface area contributed by atoms with Crippen molar-refractivity contribution in [1.82, 2.24) is 0 Å². The second kappa shape index (κ2) is 8.88. The summed E-state index contributed by atoms with van der Waals surface area (Å²) in [5.41, 5.74) is 0. The monoisotopic (exact) mass is 338 g/mol. The summed E-state index contributed by atoms with van der Waals surface area (Å²) in [7, 11) is 0. The van der Waals surface area contributed by atoms with Crippen molar-refractivity contribution in [3.63, 3.8) is 0 Å². The number of aliphatic hydroxyl groups is 6. The Bertz CT molecular complexity index is 373. The van der Waals surface area contributed by atoms with Crippen molar-refractivity contribution in [3.05, 3.63) is 0 Å². The summed E-state index contributed by atoms with van der Waals surface area (Å²) in [5, 5.41) is 57.7. The van der Waals surface area contributed by atoms with Crippen LogP contribution < -0.4 is 0 Å². The van der Waals surface area contributed by atoms with E-state index in [9.17, 15) is 30.3 Å². The predicted octanol–water partition coefficient (Wildman–Crippen LogP) is -2.72. The van der Waals surface area contributed by atoms with Gasteiger partial charge in [0.1, 0.15) is 36.6 Å². The SMILES string of the molecule is CC(=O)O[C@@H](CC[C@H]1OC(CO)C(O)C(O)[C@H]1O)C(O)C(C)O. The second-order valence-electron chi connectivity index (χ2n) is 5.82. The Labute approximate surface area is 134 Å². The molecule has 9 nitrogen and oxygen atoms in total. The molecule has 0 aromatic carbocycles. The first kappa shape index (κ1) is 20.2. The van der Waals surface area contributed by atoms with Crippen molar-refractivity contribution in [2.24, 2.45) is 0 Å². The van der Waals surface area contributed by atoms with E-state index in [4.69, 9.17) is 14.6 Å². The van der Waals surface area contributed by atoms with Crippen molar-refractivity contribution in [3.8, 4) is 0 Å². The number of rotatable bonds is 7. The molecular weight excluding hydrogens is 312 g/mol. The molecule has 5 unspecified atom stereocenters. The zero-order valence-electron chi connectivity index (χ0n) is 13.1. The minimum absolute atomic E-state index is 0.0499. The van der Waals surface area contributed by atoms with Gasteiger partial charge in [-0.15, -0.1) is 0 Å². The van der Waals surface area contributed by atoms with Gasteiger partial charge in [0.05, 0.1) is 18.8 Å². The number of hydrogen-bond acceptors (Lipinski definition) is 9. The fraction of sp³-hybridized carbons (Fsp3) is 0.929. The molecule has 23 heavy (non-hydrogen) atoms. The fourth-order valence-corrected chi connectivity index (χ4v) is 2.57. The van der Waals surface area contributed by atoms with Crippen LogP contribution in [0, 0.1) is 0 Å². The van der Waals surface area contributed by atoms with Gasteiger partial charge in [0.25, 0.3) is 0 Å². The molecule has 1 saturated heterocycles. The van der Waals surface area contributed by atoms with E-state index in [1.54, 1.807) is 0 Å². The molecule has 1 fully saturated rings. The molecule has 0 aliphatic carbocycles. The van der Waals surface area contributed by atoms with Gasteiger partial charge in [-0.05, 0) is 19.8 Å². The van der Waals surface area contributed by atoms with Crippen LogP contribution in [-0.4, -0.2) is 92.0 Å². The molecule has 0 amide bonds. The molecule has 0 bridgehead atoms. The molecule has 8 atom stereocenters. The van der Waals surface area contributed by atoms with Gasteiger partial charge in [-0.1, -0.05) is 0 Å². The molecule has 0 saturated carbocycles. The lowest BCUT2D eigenvalue weighted by molar-refractivity contribution is -0.232. The van der Waals surface area contributed by atoms with Crippen LogP contribution in [0.1, 0.15) is 26.7 Å². The number of carbonyl (C=O) groups is 1. The normalized spacial score (nSPS) is 35.4. The third-order valence-electron chi connectivity index (χ3n) is 3.92. The summed E-state index contributed by atoms with van der Waals surface area (Å²) >= 11 is 0. The first-order valence-corrected chi connectivity index (χ1v) is 7.52. The summed E-state index contributed by atoms with van der Waals surface area (Å²) in [6.07, 6.45) is -9.61. The molecule has 1 heterocycles. The summed E-state index contributed by atoms with van der Waals surface area (Å²) in [5.74, 6) is -0.636. The lowest BCUT2D eigenvalue weighted by atomic mass is 9.91. The summed E-state index contributed by atoms with van der Waals surface area (Å²) in [6, 6.07) is 0. The lowest BCUT2D eigenvalue weighted by Crippen LogP contribution is -2.58. The molecule has 136 valence electrons. The third kappa shape index (κ3) is 5.35. The van der Waals surface area contributed by atoms with Gasteiger partial charge in [0.2, 0.25) is 0 Å². The van der Waals surface area contributed by atoms with E-state index in [0.29, 0.717) is 0 Å². The van der Waals surface area contributed by atoms with Crippen LogP contribution in [0.5, 0.6) is 0 Å². The van der Waals surface area contributed by atoms with Crippen molar-refractivity contribution in [2.45, 2.75) is 75.5 Å². The summed E-state index contributed by atoms with van der Waals surface area (Å²) in [4.78, 5) is 11.1. The molecular formula is C14H26O9. The van der Waals surface area contributed by atoms with E-state index in [0.717, 1.165) is 6.92 Å². The maximum Gasteiger partial charge on any atom is 0.302 e. The standard InChI is InChI=1S/C14H26O9/c1-6(16)11(18)8(22-7(2)17)3-4-9-12(19)14(21)13(20)10(5-15)23-9/h6,8-16,18-21H,3-5H2,1-2H3/t6?,8-,9+,10?,11?,12-,13?,14?/m0/s1. The maximum atomic E-state index is 11.1. The second-order valence-corrected chi connectivity index (χ2v) is 5.82. The number of ether oxygens (including phenoxy) is 2. The minimum Gasteiger partial charge on any atom is -0.460 e. The van der Waals surface area contributed by atoms with Gasteiger partial charge >= 0.3 is 5.97 Å². The molecule has 0 spiro atoms. The van der Waals surface area contributed by atoms with Crippen LogP contribution in [0.15, 0.2) is 0 Å². The average Bonchev–Trinajstić information content (AvgIpc) is 2.49. The highest BCUT2D eigenvalue weighted by atomic mass is 16.6. The first-order chi connectivity index (χ1) is 10.7.